The first-order valence-electron chi connectivity index (χ1n) is 8.25. The molecule has 0 aliphatic rings. The zero-order valence-corrected chi connectivity index (χ0v) is 16.0. The van der Waals surface area contributed by atoms with Gasteiger partial charge in [-0.3, -0.25) is 0 Å². The van der Waals surface area contributed by atoms with Crippen LogP contribution < -0.4 is 4.74 Å². The highest BCUT2D eigenvalue weighted by molar-refractivity contribution is 6.43. The summed E-state index contributed by atoms with van der Waals surface area (Å²) in [6.45, 7) is 0.141. The van der Waals surface area contributed by atoms with E-state index >= 15 is 0 Å². The summed E-state index contributed by atoms with van der Waals surface area (Å²) in [6, 6.07) is 16.0. The van der Waals surface area contributed by atoms with Gasteiger partial charge >= 0.3 is 5.97 Å². The SMILES string of the molecule is CO/N=C(\C(=O)OC)c1ccccc1COc1cc(-c2ccc(Cl)cc2)on1. The number of esters is 1. The minimum Gasteiger partial charge on any atom is -0.471 e. The molecule has 0 radical (unpaired) electrons. The van der Waals surface area contributed by atoms with E-state index in [2.05, 4.69) is 10.3 Å². The molecule has 8 heteroatoms. The molecule has 0 saturated carbocycles. The van der Waals surface area contributed by atoms with E-state index in [0.717, 1.165) is 5.56 Å². The van der Waals surface area contributed by atoms with Gasteiger partial charge in [-0.05, 0) is 35.0 Å². The first kappa shape index (κ1) is 19.4. The summed E-state index contributed by atoms with van der Waals surface area (Å²) in [7, 11) is 2.63. The highest BCUT2D eigenvalue weighted by Gasteiger charge is 2.19. The van der Waals surface area contributed by atoms with Gasteiger partial charge in [0, 0.05) is 22.2 Å². The number of benzene rings is 2. The van der Waals surface area contributed by atoms with Crippen LogP contribution in [0.25, 0.3) is 11.3 Å². The van der Waals surface area contributed by atoms with Gasteiger partial charge in [0.15, 0.2) is 11.5 Å². The molecule has 0 N–H and O–H groups in total. The smallest absolute Gasteiger partial charge is 0.360 e. The van der Waals surface area contributed by atoms with Gasteiger partial charge in [0.1, 0.15) is 13.7 Å². The summed E-state index contributed by atoms with van der Waals surface area (Å²) in [4.78, 5) is 16.8. The summed E-state index contributed by atoms with van der Waals surface area (Å²) >= 11 is 5.89. The Morgan fingerprint density at radius 3 is 2.61 bits per heavy atom. The van der Waals surface area contributed by atoms with Crippen LogP contribution >= 0.6 is 11.6 Å². The molecule has 3 aromatic rings. The van der Waals surface area contributed by atoms with Crippen molar-refractivity contribution in [3.8, 4) is 17.2 Å². The molecule has 0 atom stereocenters. The second kappa shape index (κ2) is 9.05. The van der Waals surface area contributed by atoms with Crippen molar-refractivity contribution in [2.75, 3.05) is 14.2 Å². The molecule has 7 nitrogen and oxygen atoms in total. The van der Waals surface area contributed by atoms with Crippen molar-refractivity contribution in [1.82, 2.24) is 5.16 Å². The Bertz CT molecular complexity index is 982. The highest BCUT2D eigenvalue weighted by Crippen LogP contribution is 2.25. The molecule has 3 rings (SSSR count). The maximum Gasteiger partial charge on any atom is 0.360 e. The second-order valence-electron chi connectivity index (χ2n) is 5.60. The predicted molar refractivity (Wildman–Crippen MR) is 103 cm³/mol. The lowest BCUT2D eigenvalue weighted by Crippen LogP contribution is -2.19. The zero-order chi connectivity index (χ0) is 19.9. The minimum atomic E-state index is -0.610. The van der Waals surface area contributed by atoms with Gasteiger partial charge in [-0.2, -0.15) is 0 Å². The van der Waals surface area contributed by atoms with E-state index in [9.17, 15) is 4.79 Å². The van der Waals surface area contributed by atoms with Crippen LogP contribution in [-0.4, -0.2) is 31.1 Å². The molecule has 0 fully saturated rings. The number of halogens is 1. The molecule has 1 heterocycles. The minimum absolute atomic E-state index is 0.0474. The molecular weight excluding hydrogens is 384 g/mol. The Morgan fingerprint density at radius 1 is 1.14 bits per heavy atom. The molecule has 144 valence electrons. The third-order valence-corrected chi connectivity index (χ3v) is 4.08. The number of hydrogen-bond donors (Lipinski definition) is 0. The number of rotatable bonds is 7. The zero-order valence-electron chi connectivity index (χ0n) is 15.2. The van der Waals surface area contributed by atoms with E-state index in [1.165, 1.54) is 14.2 Å². The fourth-order valence-electron chi connectivity index (χ4n) is 2.49. The van der Waals surface area contributed by atoms with E-state index in [-0.39, 0.29) is 12.3 Å². The van der Waals surface area contributed by atoms with Gasteiger partial charge < -0.3 is 18.8 Å². The summed E-state index contributed by atoms with van der Waals surface area (Å²) in [5.74, 6) is 0.250. The number of aromatic nitrogens is 1. The number of carbonyl (C=O) groups excluding carboxylic acids is 1. The van der Waals surface area contributed by atoms with Crippen molar-refractivity contribution in [1.29, 1.82) is 0 Å². The number of ether oxygens (including phenoxy) is 2. The fourth-order valence-corrected chi connectivity index (χ4v) is 2.62. The molecule has 2 aromatic carbocycles. The van der Waals surface area contributed by atoms with Crippen LogP contribution in [0, 0.1) is 0 Å². The molecule has 0 aliphatic heterocycles. The Balaban J connectivity index is 1.78. The van der Waals surface area contributed by atoms with Crippen LogP contribution in [-0.2, 0) is 21.0 Å². The van der Waals surface area contributed by atoms with Crippen molar-refractivity contribution in [3.63, 3.8) is 0 Å². The first-order chi connectivity index (χ1) is 13.6. The van der Waals surface area contributed by atoms with Gasteiger partial charge in [-0.25, -0.2) is 4.79 Å². The van der Waals surface area contributed by atoms with Crippen molar-refractivity contribution in [2.45, 2.75) is 6.61 Å². The predicted octanol–water partition coefficient (Wildman–Crippen LogP) is 4.10. The molecular formula is C20H17ClN2O5. The van der Waals surface area contributed by atoms with Crippen LogP contribution in [0.3, 0.4) is 0 Å². The molecule has 0 amide bonds. The average molecular weight is 401 g/mol. The van der Waals surface area contributed by atoms with Gasteiger partial charge in [0.05, 0.1) is 7.11 Å². The standard InChI is InChI=1S/C20H17ClN2O5/c1-25-20(24)19(23-26-2)16-6-4-3-5-14(16)12-27-18-11-17(28-22-18)13-7-9-15(21)10-8-13/h3-11H,12H2,1-2H3/b23-19-. The normalized spacial score (nSPS) is 11.2. The molecule has 0 unspecified atom stereocenters. The molecule has 0 spiro atoms. The summed E-state index contributed by atoms with van der Waals surface area (Å²) in [5.41, 5.74) is 2.12. The van der Waals surface area contributed by atoms with Crippen molar-refractivity contribution < 1.29 is 23.6 Å². The lowest BCUT2D eigenvalue weighted by molar-refractivity contribution is -0.132. The molecule has 0 aliphatic carbocycles. The van der Waals surface area contributed by atoms with Crippen LogP contribution in [0.2, 0.25) is 5.02 Å². The lowest BCUT2D eigenvalue weighted by atomic mass is 10.0. The van der Waals surface area contributed by atoms with Crippen LogP contribution in [0.4, 0.5) is 0 Å². The molecule has 0 bridgehead atoms. The van der Waals surface area contributed by atoms with Crippen LogP contribution in [0.5, 0.6) is 5.88 Å². The van der Waals surface area contributed by atoms with Crippen LogP contribution in [0.1, 0.15) is 11.1 Å². The molecule has 1 aromatic heterocycles. The summed E-state index contributed by atoms with van der Waals surface area (Å²) in [6.07, 6.45) is 0. The summed E-state index contributed by atoms with van der Waals surface area (Å²) < 4.78 is 15.8. The fraction of sp³-hybridized carbons (Fsp3) is 0.150. The van der Waals surface area contributed by atoms with Gasteiger partial charge in [0.2, 0.25) is 0 Å². The number of oxime groups is 1. The third kappa shape index (κ3) is 4.50. The quantitative estimate of drug-likeness (QED) is 0.337. The van der Waals surface area contributed by atoms with E-state index in [4.69, 9.17) is 30.4 Å². The Labute approximate surface area is 166 Å². The van der Waals surface area contributed by atoms with E-state index < -0.39 is 5.97 Å². The maximum absolute atomic E-state index is 12.0. The van der Waals surface area contributed by atoms with Gasteiger partial charge in [-0.1, -0.05) is 41.0 Å². The van der Waals surface area contributed by atoms with Crippen molar-refractivity contribution >= 4 is 23.3 Å². The van der Waals surface area contributed by atoms with Crippen LogP contribution in [0.15, 0.2) is 64.3 Å². The largest absolute Gasteiger partial charge is 0.471 e. The Kier molecular flexibility index (Phi) is 6.29. The molecule has 28 heavy (non-hydrogen) atoms. The highest BCUT2D eigenvalue weighted by atomic mass is 35.5. The molecule has 0 saturated heterocycles. The van der Waals surface area contributed by atoms with E-state index in [1.807, 2.05) is 24.3 Å². The second-order valence-corrected chi connectivity index (χ2v) is 6.03. The van der Waals surface area contributed by atoms with E-state index in [0.29, 0.717) is 27.8 Å². The third-order valence-electron chi connectivity index (χ3n) is 3.83. The number of methoxy groups -OCH3 is 1. The Morgan fingerprint density at radius 2 is 1.89 bits per heavy atom. The number of carbonyl (C=O) groups is 1. The maximum atomic E-state index is 12.0. The lowest BCUT2D eigenvalue weighted by Gasteiger charge is -2.10. The monoisotopic (exact) mass is 400 g/mol. The van der Waals surface area contributed by atoms with Gasteiger partial charge in [-0.15, -0.1) is 0 Å². The van der Waals surface area contributed by atoms with Crippen molar-refractivity contribution in [3.05, 3.63) is 70.7 Å². The first-order valence-corrected chi connectivity index (χ1v) is 8.63. The van der Waals surface area contributed by atoms with E-state index in [1.54, 1.807) is 30.3 Å². The summed E-state index contributed by atoms with van der Waals surface area (Å²) in [5, 5.41) is 8.32. The average Bonchev–Trinajstić information content (AvgIpc) is 3.20. The van der Waals surface area contributed by atoms with Crippen molar-refractivity contribution in [2.24, 2.45) is 5.16 Å². The number of nitrogens with zero attached hydrogens (tertiary/aromatic N) is 2. The topological polar surface area (TPSA) is 83.2 Å². The Hall–Kier alpha value is -3.32. The number of hydrogen-bond acceptors (Lipinski definition) is 7. The van der Waals surface area contributed by atoms with Gasteiger partial charge in [0.25, 0.3) is 5.88 Å².